The summed E-state index contributed by atoms with van der Waals surface area (Å²) >= 11 is 6.25. The van der Waals surface area contributed by atoms with Gasteiger partial charge in [-0.15, -0.1) is 0 Å². The highest BCUT2D eigenvalue weighted by Crippen LogP contribution is 2.31. The number of hydrogen-bond acceptors (Lipinski definition) is 3. The van der Waals surface area contributed by atoms with Gasteiger partial charge in [0.25, 0.3) is 0 Å². The molecule has 0 saturated heterocycles. The van der Waals surface area contributed by atoms with E-state index in [1.165, 1.54) is 5.56 Å². The van der Waals surface area contributed by atoms with E-state index in [0.717, 1.165) is 18.2 Å². The Kier molecular flexibility index (Phi) is 5.25. The summed E-state index contributed by atoms with van der Waals surface area (Å²) < 4.78 is 25.6. The molecule has 0 saturated carbocycles. The van der Waals surface area contributed by atoms with Crippen LogP contribution in [0.4, 0.5) is 5.69 Å². The second-order valence-corrected chi connectivity index (χ2v) is 8.68. The summed E-state index contributed by atoms with van der Waals surface area (Å²) in [6, 6.07) is 13.0. The van der Waals surface area contributed by atoms with E-state index in [4.69, 9.17) is 11.6 Å². The Morgan fingerprint density at radius 3 is 2.69 bits per heavy atom. The van der Waals surface area contributed by atoms with Gasteiger partial charge in [-0.05, 0) is 36.6 Å². The van der Waals surface area contributed by atoms with Crippen molar-refractivity contribution in [3.63, 3.8) is 0 Å². The molecule has 5 nitrogen and oxygen atoms in total. The molecule has 0 aromatic heterocycles. The van der Waals surface area contributed by atoms with E-state index in [2.05, 4.69) is 10.8 Å². The number of anilines is 1. The van der Waals surface area contributed by atoms with Crippen LogP contribution in [-0.2, 0) is 27.7 Å². The Bertz CT molecular complexity index is 944. The molecular formula is C19H21ClN2O3S. The summed E-state index contributed by atoms with van der Waals surface area (Å²) in [5.74, 6) is -0.0725. The van der Waals surface area contributed by atoms with Crippen molar-refractivity contribution in [2.45, 2.75) is 25.8 Å². The SMILES string of the molecule is C[C@H]1c2ccccc2CCN1C(=O)Cc1c(Cl)cccc1NS(C)(=O)=O. The van der Waals surface area contributed by atoms with Gasteiger partial charge in [-0.1, -0.05) is 41.9 Å². The summed E-state index contributed by atoms with van der Waals surface area (Å²) in [4.78, 5) is 14.8. The fourth-order valence-corrected chi connectivity index (χ4v) is 4.23. The molecule has 1 N–H and O–H groups in total. The molecule has 1 atom stereocenters. The maximum atomic E-state index is 12.9. The first-order valence-corrected chi connectivity index (χ1v) is 10.7. The van der Waals surface area contributed by atoms with Crippen molar-refractivity contribution in [2.75, 3.05) is 17.5 Å². The molecule has 138 valence electrons. The molecule has 1 aliphatic heterocycles. The van der Waals surface area contributed by atoms with E-state index >= 15 is 0 Å². The van der Waals surface area contributed by atoms with E-state index in [9.17, 15) is 13.2 Å². The second-order valence-electron chi connectivity index (χ2n) is 6.53. The monoisotopic (exact) mass is 392 g/mol. The number of rotatable bonds is 4. The molecule has 1 aliphatic rings. The van der Waals surface area contributed by atoms with Crippen LogP contribution in [0.15, 0.2) is 42.5 Å². The van der Waals surface area contributed by atoms with Crippen LogP contribution in [0.1, 0.15) is 29.7 Å². The second kappa shape index (κ2) is 7.29. The Hall–Kier alpha value is -2.05. The first-order chi connectivity index (χ1) is 12.3. The largest absolute Gasteiger partial charge is 0.335 e. The molecular weight excluding hydrogens is 372 g/mol. The Balaban J connectivity index is 1.85. The molecule has 0 radical (unpaired) electrons. The molecule has 7 heteroatoms. The van der Waals surface area contributed by atoms with Gasteiger partial charge in [-0.2, -0.15) is 0 Å². The number of hydrogen-bond donors (Lipinski definition) is 1. The normalized spacial score (nSPS) is 16.9. The number of halogens is 1. The van der Waals surface area contributed by atoms with Crippen LogP contribution in [0.25, 0.3) is 0 Å². The zero-order valence-electron chi connectivity index (χ0n) is 14.7. The maximum absolute atomic E-state index is 12.9. The first kappa shape index (κ1) is 18.7. The van der Waals surface area contributed by atoms with Crippen molar-refractivity contribution in [1.82, 2.24) is 4.90 Å². The Morgan fingerprint density at radius 2 is 1.96 bits per heavy atom. The standard InChI is InChI=1S/C19H21ClN2O3S/c1-13-15-7-4-3-6-14(15)10-11-22(13)19(23)12-16-17(20)8-5-9-18(16)21-26(2,24)25/h3-9,13,21H,10-12H2,1-2H3/t13-/m0/s1. The molecule has 1 heterocycles. The van der Waals surface area contributed by atoms with Gasteiger partial charge >= 0.3 is 0 Å². The molecule has 26 heavy (non-hydrogen) atoms. The van der Waals surface area contributed by atoms with Crippen LogP contribution in [0.2, 0.25) is 5.02 Å². The summed E-state index contributed by atoms with van der Waals surface area (Å²) in [7, 11) is -3.46. The molecule has 2 aromatic carbocycles. The van der Waals surface area contributed by atoms with Crippen molar-refractivity contribution in [1.29, 1.82) is 0 Å². The maximum Gasteiger partial charge on any atom is 0.229 e. The lowest BCUT2D eigenvalue weighted by atomic mass is 9.93. The Morgan fingerprint density at radius 1 is 1.23 bits per heavy atom. The van der Waals surface area contributed by atoms with Gasteiger partial charge in [0.2, 0.25) is 15.9 Å². The van der Waals surface area contributed by atoms with Gasteiger partial charge in [-0.3, -0.25) is 9.52 Å². The number of carbonyl (C=O) groups excluding carboxylic acids is 1. The van der Waals surface area contributed by atoms with Crippen LogP contribution in [0, 0.1) is 0 Å². The van der Waals surface area contributed by atoms with E-state index < -0.39 is 10.0 Å². The lowest BCUT2D eigenvalue weighted by Crippen LogP contribution is -2.39. The Labute approximate surface area is 159 Å². The van der Waals surface area contributed by atoms with E-state index in [0.29, 0.717) is 22.8 Å². The van der Waals surface area contributed by atoms with Gasteiger partial charge in [-0.25, -0.2) is 8.42 Å². The fraction of sp³-hybridized carbons (Fsp3) is 0.316. The third kappa shape index (κ3) is 4.02. The number of benzene rings is 2. The van der Waals surface area contributed by atoms with Crippen molar-refractivity contribution in [2.24, 2.45) is 0 Å². The van der Waals surface area contributed by atoms with Crippen molar-refractivity contribution in [3.05, 3.63) is 64.2 Å². The van der Waals surface area contributed by atoms with Gasteiger partial charge in [0.1, 0.15) is 0 Å². The minimum Gasteiger partial charge on any atom is -0.335 e. The molecule has 0 unspecified atom stereocenters. The summed E-state index contributed by atoms with van der Waals surface area (Å²) in [5.41, 5.74) is 3.26. The minimum absolute atomic E-state index is 0.0266. The van der Waals surface area contributed by atoms with Gasteiger partial charge in [0, 0.05) is 17.1 Å². The number of amides is 1. The summed E-state index contributed by atoms with van der Waals surface area (Å²) in [5, 5.41) is 0.372. The molecule has 0 bridgehead atoms. The lowest BCUT2D eigenvalue weighted by Gasteiger charge is -2.35. The topological polar surface area (TPSA) is 66.5 Å². The van der Waals surface area contributed by atoms with Crippen LogP contribution >= 0.6 is 11.6 Å². The van der Waals surface area contributed by atoms with Gasteiger partial charge < -0.3 is 4.90 Å². The number of sulfonamides is 1. The highest BCUT2D eigenvalue weighted by molar-refractivity contribution is 7.92. The first-order valence-electron chi connectivity index (χ1n) is 8.38. The predicted octanol–water partition coefficient (Wildman–Crippen LogP) is 3.40. The van der Waals surface area contributed by atoms with E-state index in [1.807, 2.05) is 30.0 Å². The average Bonchev–Trinajstić information content (AvgIpc) is 2.57. The van der Waals surface area contributed by atoms with Crippen molar-refractivity contribution >= 4 is 33.2 Å². The third-order valence-electron chi connectivity index (χ3n) is 4.66. The van der Waals surface area contributed by atoms with E-state index in [-0.39, 0.29) is 18.4 Å². The number of nitrogens with zero attached hydrogens (tertiary/aromatic N) is 1. The van der Waals surface area contributed by atoms with Crippen molar-refractivity contribution < 1.29 is 13.2 Å². The summed E-state index contributed by atoms with van der Waals surface area (Å²) in [6.45, 7) is 2.65. The number of fused-ring (bicyclic) bond motifs is 1. The van der Waals surface area contributed by atoms with Crippen LogP contribution in [0.5, 0.6) is 0 Å². The minimum atomic E-state index is -3.46. The lowest BCUT2D eigenvalue weighted by molar-refractivity contribution is -0.133. The predicted molar refractivity (Wildman–Crippen MR) is 104 cm³/mol. The molecule has 0 spiro atoms. The smallest absolute Gasteiger partial charge is 0.229 e. The molecule has 0 aliphatic carbocycles. The zero-order valence-corrected chi connectivity index (χ0v) is 16.3. The van der Waals surface area contributed by atoms with Crippen LogP contribution < -0.4 is 4.72 Å². The quantitative estimate of drug-likeness (QED) is 0.867. The number of carbonyl (C=O) groups is 1. The van der Waals surface area contributed by atoms with Crippen LogP contribution in [0.3, 0.4) is 0 Å². The van der Waals surface area contributed by atoms with Crippen molar-refractivity contribution in [3.8, 4) is 0 Å². The van der Waals surface area contributed by atoms with E-state index in [1.54, 1.807) is 18.2 Å². The summed E-state index contributed by atoms with van der Waals surface area (Å²) in [6.07, 6.45) is 1.93. The average molecular weight is 393 g/mol. The van der Waals surface area contributed by atoms with Gasteiger partial charge in [0.05, 0.1) is 24.4 Å². The number of nitrogens with one attached hydrogen (secondary N) is 1. The molecule has 2 aromatic rings. The molecule has 3 rings (SSSR count). The third-order valence-corrected chi connectivity index (χ3v) is 5.60. The molecule has 0 fully saturated rings. The molecule has 1 amide bonds. The van der Waals surface area contributed by atoms with Crippen LogP contribution in [-0.4, -0.2) is 32.0 Å². The highest BCUT2D eigenvalue weighted by Gasteiger charge is 2.28. The van der Waals surface area contributed by atoms with Gasteiger partial charge in [0.15, 0.2) is 0 Å². The fourth-order valence-electron chi connectivity index (χ4n) is 3.40. The highest BCUT2D eigenvalue weighted by atomic mass is 35.5. The zero-order chi connectivity index (χ0) is 18.9.